The summed E-state index contributed by atoms with van der Waals surface area (Å²) in [4.78, 5) is 0.141. The first-order valence-electron chi connectivity index (χ1n) is 7.61. The van der Waals surface area contributed by atoms with Gasteiger partial charge >= 0.3 is 0 Å². The van der Waals surface area contributed by atoms with E-state index < -0.39 is 10.0 Å². The number of fused-ring (bicyclic) bond motifs is 2. The molecule has 2 aliphatic rings. The Kier molecular flexibility index (Phi) is 3.50. The topological polar surface area (TPSA) is 64.6 Å². The fourth-order valence-corrected chi connectivity index (χ4v) is 4.33. The summed E-state index contributed by atoms with van der Waals surface area (Å²) in [6.07, 6.45) is 0.908. The van der Waals surface area contributed by atoms with Crippen molar-refractivity contribution in [3.8, 4) is 11.5 Å². The van der Waals surface area contributed by atoms with Crippen molar-refractivity contribution in [2.75, 3.05) is 19.8 Å². The van der Waals surface area contributed by atoms with Gasteiger partial charge in [0, 0.05) is 12.5 Å². The number of hydrogen-bond acceptors (Lipinski definition) is 4. The summed E-state index contributed by atoms with van der Waals surface area (Å²) in [7, 11) is -3.63. The van der Waals surface area contributed by atoms with E-state index in [0.29, 0.717) is 31.3 Å². The number of benzene rings is 2. The van der Waals surface area contributed by atoms with Crippen molar-refractivity contribution in [1.29, 1.82) is 0 Å². The van der Waals surface area contributed by atoms with E-state index in [0.717, 1.165) is 6.42 Å². The molecule has 0 aromatic heterocycles. The summed E-state index contributed by atoms with van der Waals surface area (Å²) in [6.45, 7) is 1.18. The molecule has 0 amide bonds. The SMILES string of the molecule is O=S(=O)(NC[C@@H]1Cc2ccccc21)c1cccc2c1OCCO2. The molecule has 2 aromatic carbocycles. The highest BCUT2D eigenvalue weighted by Crippen LogP contribution is 2.37. The minimum absolute atomic E-state index is 0.141. The molecule has 1 heterocycles. The van der Waals surface area contributed by atoms with Gasteiger partial charge in [-0.25, -0.2) is 13.1 Å². The van der Waals surface area contributed by atoms with Gasteiger partial charge in [0.1, 0.15) is 18.1 Å². The first kappa shape index (κ1) is 14.5. The highest BCUT2D eigenvalue weighted by atomic mass is 32.2. The van der Waals surface area contributed by atoms with Crippen LogP contribution in [0.15, 0.2) is 47.4 Å². The molecule has 0 spiro atoms. The molecule has 1 aliphatic heterocycles. The largest absolute Gasteiger partial charge is 0.486 e. The maximum absolute atomic E-state index is 12.6. The summed E-state index contributed by atoms with van der Waals surface area (Å²) in [6, 6.07) is 13.1. The average molecular weight is 331 g/mol. The van der Waals surface area contributed by atoms with Gasteiger partial charge < -0.3 is 9.47 Å². The zero-order chi connectivity index (χ0) is 15.9. The molecular formula is C17H17NO4S. The fraction of sp³-hybridized carbons (Fsp3) is 0.294. The van der Waals surface area contributed by atoms with Crippen LogP contribution in [0.3, 0.4) is 0 Å². The van der Waals surface area contributed by atoms with E-state index >= 15 is 0 Å². The molecule has 0 fully saturated rings. The summed E-state index contributed by atoms with van der Waals surface area (Å²) in [5, 5.41) is 0. The van der Waals surface area contributed by atoms with Gasteiger partial charge in [-0.05, 0) is 29.7 Å². The Labute approximate surface area is 135 Å². The van der Waals surface area contributed by atoms with Crippen LogP contribution in [0.4, 0.5) is 0 Å². The Morgan fingerprint density at radius 1 is 1.04 bits per heavy atom. The van der Waals surface area contributed by atoms with Crippen LogP contribution in [-0.4, -0.2) is 28.2 Å². The number of ether oxygens (including phenoxy) is 2. The van der Waals surface area contributed by atoms with Gasteiger partial charge in [0.15, 0.2) is 11.5 Å². The minimum atomic E-state index is -3.63. The molecule has 0 saturated carbocycles. The number of hydrogen-bond donors (Lipinski definition) is 1. The Bertz CT molecular complexity index is 847. The van der Waals surface area contributed by atoms with Gasteiger partial charge in [-0.1, -0.05) is 30.3 Å². The van der Waals surface area contributed by atoms with Crippen molar-refractivity contribution >= 4 is 10.0 Å². The van der Waals surface area contributed by atoms with Gasteiger partial charge in [0.05, 0.1) is 0 Å². The van der Waals surface area contributed by atoms with E-state index in [9.17, 15) is 8.42 Å². The molecule has 4 rings (SSSR count). The second kappa shape index (κ2) is 5.54. The lowest BCUT2D eigenvalue weighted by molar-refractivity contribution is 0.167. The molecule has 0 bridgehead atoms. The van der Waals surface area contributed by atoms with Crippen molar-refractivity contribution in [2.24, 2.45) is 0 Å². The summed E-state index contributed by atoms with van der Waals surface area (Å²) in [5.74, 6) is 1.02. The summed E-state index contributed by atoms with van der Waals surface area (Å²) >= 11 is 0. The quantitative estimate of drug-likeness (QED) is 0.931. The lowest BCUT2D eigenvalue weighted by Gasteiger charge is -2.30. The van der Waals surface area contributed by atoms with Crippen molar-refractivity contribution in [3.63, 3.8) is 0 Å². The number of para-hydroxylation sites is 1. The monoisotopic (exact) mass is 331 g/mol. The fourth-order valence-electron chi connectivity index (χ4n) is 3.09. The summed E-state index contributed by atoms with van der Waals surface area (Å²) < 4.78 is 38.9. The average Bonchev–Trinajstić information content (AvgIpc) is 2.55. The second-order valence-corrected chi connectivity index (χ2v) is 7.47. The van der Waals surface area contributed by atoms with E-state index in [-0.39, 0.29) is 10.8 Å². The number of rotatable bonds is 4. The third-order valence-electron chi connectivity index (χ3n) is 4.30. The molecule has 2 aromatic rings. The number of sulfonamides is 1. The van der Waals surface area contributed by atoms with Gasteiger partial charge in [0.2, 0.25) is 10.0 Å². The molecular weight excluding hydrogens is 314 g/mol. The predicted octanol–water partition coefficient (Wildman–Crippen LogP) is 2.08. The first-order valence-corrected chi connectivity index (χ1v) is 9.09. The maximum atomic E-state index is 12.6. The molecule has 120 valence electrons. The van der Waals surface area contributed by atoms with Gasteiger partial charge in [-0.15, -0.1) is 0 Å². The minimum Gasteiger partial charge on any atom is -0.486 e. The van der Waals surface area contributed by atoms with Crippen LogP contribution < -0.4 is 14.2 Å². The van der Waals surface area contributed by atoms with Crippen molar-refractivity contribution in [2.45, 2.75) is 17.2 Å². The Hall–Kier alpha value is -2.05. The molecule has 1 aliphatic carbocycles. The van der Waals surface area contributed by atoms with E-state index in [1.165, 1.54) is 11.1 Å². The lowest BCUT2D eigenvalue weighted by atomic mass is 9.78. The zero-order valence-corrected chi connectivity index (χ0v) is 13.3. The van der Waals surface area contributed by atoms with E-state index in [4.69, 9.17) is 9.47 Å². The van der Waals surface area contributed by atoms with E-state index in [1.54, 1.807) is 18.2 Å². The Morgan fingerprint density at radius 2 is 1.87 bits per heavy atom. The first-order chi connectivity index (χ1) is 11.1. The van der Waals surface area contributed by atoms with Crippen LogP contribution in [0, 0.1) is 0 Å². The third-order valence-corrected chi connectivity index (χ3v) is 5.75. The van der Waals surface area contributed by atoms with Crippen molar-refractivity contribution in [3.05, 3.63) is 53.6 Å². The highest BCUT2D eigenvalue weighted by Gasteiger charge is 2.29. The predicted molar refractivity (Wildman–Crippen MR) is 85.5 cm³/mol. The number of nitrogens with one attached hydrogen (secondary N) is 1. The standard InChI is InChI=1S/C17H17NO4S/c19-23(20,16-7-3-6-15-17(16)22-9-8-21-15)18-11-13-10-12-4-1-2-5-14(12)13/h1-7,13,18H,8-11H2/t13-/m0/s1. The highest BCUT2D eigenvalue weighted by molar-refractivity contribution is 7.89. The summed E-state index contributed by atoms with van der Waals surface area (Å²) in [5.41, 5.74) is 2.52. The molecule has 1 atom stereocenters. The zero-order valence-electron chi connectivity index (χ0n) is 12.5. The Morgan fingerprint density at radius 3 is 2.74 bits per heavy atom. The molecule has 6 heteroatoms. The molecule has 23 heavy (non-hydrogen) atoms. The van der Waals surface area contributed by atoms with Gasteiger partial charge in [0.25, 0.3) is 0 Å². The third kappa shape index (κ3) is 2.58. The van der Waals surface area contributed by atoms with Crippen LogP contribution in [0.2, 0.25) is 0 Å². The van der Waals surface area contributed by atoms with Crippen LogP contribution in [0.5, 0.6) is 11.5 Å². The molecule has 0 unspecified atom stereocenters. The molecule has 0 radical (unpaired) electrons. The van der Waals surface area contributed by atoms with Crippen LogP contribution in [-0.2, 0) is 16.4 Å². The smallest absolute Gasteiger partial charge is 0.244 e. The maximum Gasteiger partial charge on any atom is 0.244 e. The van der Waals surface area contributed by atoms with Crippen LogP contribution >= 0.6 is 0 Å². The van der Waals surface area contributed by atoms with Crippen LogP contribution in [0.1, 0.15) is 17.0 Å². The van der Waals surface area contributed by atoms with Gasteiger partial charge in [-0.2, -0.15) is 0 Å². The molecule has 0 saturated heterocycles. The normalized spacial score (nSPS) is 18.9. The van der Waals surface area contributed by atoms with Crippen molar-refractivity contribution < 1.29 is 17.9 Å². The van der Waals surface area contributed by atoms with Crippen LogP contribution in [0.25, 0.3) is 0 Å². The Balaban J connectivity index is 1.53. The van der Waals surface area contributed by atoms with Crippen molar-refractivity contribution in [1.82, 2.24) is 4.72 Å². The van der Waals surface area contributed by atoms with E-state index in [2.05, 4.69) is 16.9 Å². The van der Waals surface area contributed by atoms with Gasteiger partial charge in [-0.3, -0.25) is 0 Å². The molecule has 5 nitrogen and oxygen atoms in total. The molecule has 1 N–H and O–H groups in total. The lowest BCUT2D eigenvalue weighted by Crippen LogP contribution is -2.33. The van der Waals surface area contributed by atoms with E-state index in [1.807, 2.05) is 12.1 Å². The second-order valence-electron chi connectivity index (χ2n) is 5.73.